The van der Waals surface area contributed by atoms with Gasteiger partial charge in [0.2, 0.25) is 5.91 Å². The number of carbonyl (C=O) groups is 1. The second-order valence-electron chi connectivity index (χ2n) is 3.48. The minimum Gasteiger partial charge on any atom is -0.341 e. The third-order valence-electron chi connectivity index (χ3n) is 2.21. The molecule has 15 heavy (non-hydrogen) atoms. The number of rotatable bonds is 5. The first-order chi connectivity index (χ1) is 7.24. The molecule has 0 radical (unpaired) electrons. The van der Waals surface area contributed by atoms with E-state index in [2.05, 4.69) is 0 Å². The summed E-state index contributed by atoms with van der Waals surface area (Å²) in [6, 6.07) is 10.1. The summed E-state index contributed by atoms with van der Waals surface area (Å²) in [5.41, 5.74) is 1.18. The fraction of sp³-hybridized carbons (Fsp3) is 0.417. The van der Waals surface area contributed by atoms with Gasteiger partial charge in [0.05, 0.1) is 0 Å². The van der Waals surface area contributed by atoms with Crippen LogP contribution in [0.5, 0.6) is 0 Å². The van der Waals surface area contributed by atoms with Crippen LogP contribution in [0.25, 0.3) is 0 Å². The summed E-state index contributed by atoms with van der Waals surface area (Å²) < 4.78 is 0. The Kier molecular flexibility index (Phi) is 5.26. The van der Waals surface area contributed by atoms with Crippen molar-refractivity contribution in [3.63, 3.8) is 0 Å². The molecule has 0 bridgehead atoms. The van der Waals surface area contributed by atoms with Crippen molar-refractivity contribution in [2.45, 2.75) is 13.0 Å². The van der Waals surface area contributed by atoms with Crippen LogP contribution < -0.4 is 0 Å². The van der Waals surface area contributed by atoms with Gasteiger partial charge in [0.1, 0.15) is 0 Å². The topological polar surface area (TPSA) is 20.3 Å². The lowest BCUT2D eigenvalue weighted by atomic mass is 10.2. The fourth-order valence-electron chi connectivity index (χ4n) is 1.33. The number of carbonyl (C=O) groups excluding carboxylic acids is 1. The molecule has 1 amide bonds. The Hall–Kier alpha value is -0.960. The average Bonchev–Trinajstić information content (AvgIpc) is 2.27. The molecule has 1 rings (SSSR count). The standard InChI is InChI=1S/C12H17NOS/c1-13(12(14)8-9-15-2)10-11-6-4-3-5-7-11/h3-7H,8-10H2,1-2H3. The number of nitrogens with zero attached hydrogens (tertiary/aromatic N) is 1. The van der Waals surface area contributed by atoms with E-state index >= 15 is 0 Å². The van der Waals surface area contributed by atoms with Crippen LogP contribution in [0, 0.1) is 0 Å². The number of hydrogen-bond acceptors (Lipinski definition) is 2. The maximum absolute atomic E-state index is 11.6. The highest BCUT2D eigenvalue weighted by atomic mass is 32.2. The van der Waals surface area contributed by atoms with Crippen molar-refractivity contribution < 1.29 is 4.79 Å². The average molecular weight is 223 g/mol. The summed E-state index contributed by atoms with van der Waals surface area (Å²) in [6.45, 7) is 0.702. The molecule has 0 saturated carbocycles. The van der Waals surface area contributed by atoms with Crippen LogP contribution in [0.4, 0.5) is 0 Å². The molecule has 1 aromatic rings. The maximum Gasteiger partial charge on any atom is 0.223 e. The van der Waals surface area contributed by atoms with E-state index in [0.29, 0.717) is 13.0 Å². The van der Waals surface area contributed by atoms with Crippen molar-refractivity contribution in [1.29, 1.82) is 0 Å². The summed E-state index contributed by atoms with van der Waals surface area (Å²) >= 11 is 1.71. The van der Waals surface area contributed by atoms with Gasteiger partial charge in [-0.2, -0.15) is 11.8 Å². The normalized spacial score (nSPS) is 10.0. The van der Waals surface area contributed by atoms with E-state index in [4.69, 9.17) is 0 Å². The van der Waals surface area contributed by atoms with Gasteiger partial charge in [-0.1, -0.05) is 30.3 Å². The van der Waals surface area contributed by atoms with Gasteiger partial charge in [0.25, 0.3) is 0 Å². The van der Waals surface area contributed by atoms with Crippen LogP contribution in [-0.2, 0) is 11.3 Å². The van der Waals surface area contributed by atoms with Gasteiger partial charge in [-0.3, -0.25) is 4.79 Å². The van der Waals surface area contributed by atoms with E-state index in [9.17, 15) is 4.79 Å². The summed E-state index contributed by atoms with van der Waals surface area (Å²) in [4.78, 5) is 13.4. The summed E-state index contributed by atoms with van der Waals surface area (Å²) in [5.74, 6) is 1.12. The van der Waals surface area contributed by atoms with Gasteiger partial charge < -0.3 is 4.90 Å². The second-order valence-corrected chi connectivity index (χ2v) is 4.46. The largest absolute Gasteiger partial charge is 0.341 e. The van der Waals surface area contributed by atoms with Crippen LogP contribution in [0.2, 0.25) is 0 Å². The Morgan fingerprint density at radius 2 is 2.00 bits per heavy atom. The van der Waals surface area contributed by atoms with Crippen molar-refractivity contribution in [3.8, 4) is 0 Å². The molecular formula is C12H17NOS. The van der Waals surface area contributed by atoms with E-state index in [1.165, 1.54) is 5.56 Å². The summed E-state index contributed by atoms with van der Waals surface area (Å²) in [5, 5.41) is 0. The Balaban J connectivity index is 2.41. The van der Waals surface area contributed by atoms with Crippen LogP contribution >= 0.6 is 11.8 Å². The Labute approximate surface area is 95.7 Å². The zero-order chi connectivity index (χ0) is 11.1. The highest BCUT2D eigenvalue weighted by Gasteiger charge is 2.07. The third-order valence-corrected chi connectivity index (χ3v) is 2.82. The molecule has 0 heterocycles. The molecule has 0 aromatic heterocycles. The number of thioether (sulfide) groups is 1. The highest BCUT2D eigenvalue weighted by molar-refractivity contribution is 7.98. The van der Waals surface area contributed by atoms with Crippen LogP contribution in [0.15, 0.2) is 30.3 Å². The van der Waals surface area contributed by atoms with Crippen molar-refractivity contribution in [2.75, 3.05) is 19.1 Å². The van der Waals surface area contributed by atoms with Crippen molar-refractivity contribution in [2.24, 2.45) is 0 Å². The van der Waals surface area contributed by atoms with E-state index in [0.717, 1.165) is 5.75 Å². The molecule has 0 aliphatic heterocycles. The lowest BCUT2D eigenvalue weighted by Crippen LogP contribution is -2.26. The smallest absolute Gasteiger partial charge is 0.223 e. The number of hydrogen-bond donors (Lipinski definition) is 0. The molecule has 3 heteroatoms. The molecule has 2 nitrogen and oxygen atoms in total. The number of amides is 1. The molecular weight excluding hydrogens is 206 g/mol. The van der Waals surface area contributed by atoms with E-state index < -0.39 is 0 Å². The van der Waals surface area contributed by atoms with E-state index in [1.807, 2.05) is 43.6 Å². The third kappa shape index (κ3) is 4.38. The van der Waals surface area contributed by atoms with Crippen LogP contribution in [0.1, 0.15) is 12.0 Å². The summed E-state index contributed by atoms with van der Waals surface area (Å²) in [7, 11) is 1.86. The summed E-state index contributed by atoms with van der Waals surface area (Å²) in [6.07, 6.45) is 2.65. The van der Waals surface area contributed by atoms with Crippen molar-refractivity contribution in [3.05, 3.63) is 35.9 Å². The lowest BCUT2D eigenvalue weighted by molar-refractivity contribution is -0.129. The Morgan fingerprint density at radius 1 is 1.33 bits per heavy atom. The van der Waals surface area contributed by atoms with Crippen LogP contribution in [0.3, 0.4) is 0 Å². The molecule has 0 atom stereocenters. The minimum absolute atomic E-state index is 0.216. The molecule has 82 valence electrons. The molecule has 0 spiro atoms. The molecule has 0 aliphatic carbocycles. The monoisotopic (exact) mass is 223 g/mol. The predicted molar refractivity (Wildman–Crippen MR) is 65.9 cm³/mol. The molecule has 1 aromatic carbocycles. The molecule has 0 unspecified atom stereocenters. The highest BCUT2D eigenvalue weighted by Crippen LogP contribution is 2.05. The molecule has 0 fully saturated rings. The second kappa shape index (κ2) is 6.51. The molecule has 0 aliphatic rings. The van der Waals surface area contributed by atoms with Crippen molar-refractivity contribution >= 4 is 17.7 Å². The first kappa shape index (κ1) is 12.1. The fourth-order valence-corrected chi connectivity index (χ4v) is 1.70. The SMILES string of the molecule is CSCCC(=O)N(C)Cc1ccccc1. The van der Waals surface area contributed by atoms with Gasteiger partial charge in [0, 0.05) is 25.8 Å². The lowest BCUT2D eigenvalue weighted by Gasteiger charge is -2.16. The first-order valence-corrected chi connectivity index (χ1v) is 6.40. The quantitative estimate of drug-likeness (QED) is 0.764. The predicted octanol–water partition coefficient (Wildman–Crippen LogP) is 2.40. The zero-order valence-corrected chi connectivity index (χ0v) is 10.1. The molecule has 0 saturated heterocycles. The maximum atomic E-state index is 11.6. The van der Waals surface area contributed by atoms with Gasteiger partial charge >= 0.3 is 0 Å². The van der Waals surface area contributed by atoms with Gasteiger partial charge in [-0.15, -0.1) is 0 Å². The van der Waals surface area contributed by atoms with Gasteiger partial charge in [-0.25, -0.2) is 0 Å². The van der Waals surface area contributed by atoms with Crippen LogP contribution in [-0.4, -0.2) is 29.9 Å². The number of benzene rings is 1. The van der Waals surface area contributed by atoms with Crippen molar-refractivity contribution in [1.82, 2.24) is 4.90 Å². The van der Waals surface area contributed by atoms with E-state index in [-0.39, 0.29) is 5.91 Å². The Bertz CT molecular complexity index is 300. The molecule has 0 N–H and O–H groups in total. The zero-order valence-electron chi connectivity index (χ0n) is 9.27. The van der Waals surface area contributed by atoms with Gasteiger partial charge in [-0.05, 0) is 11.8 Å². The first-order valence-electron chi connectivity index (χ1n) is 5.01. The van der Waals surface area contributed by atoms with E-state index in [1.54, 1.807) is 16.7 Å². The van der Waals surface area contributed by atoms with Gasteiger partial charge in [0.15, 0.2) is 0 Å². The Morgan fingerprint density at radius 3 is 2.60 bits per heavy atom. The minimum atomic E-state index is 0.216.